The van der Waals surface area contributed by atoms with Crippen LogP contribution in [0.15, 0.2) is 24.3 Å². The van der Waals surface area contributed by atoms with Gasteiger partial charge < -0.3 is 10.5 Å². The highest BCUT2D eigenvalue weighted by Gasteiger charge is 2.21. The second kappa shape index (κ2) is 6.61. The quantitative estimate of drug-likeness (QED) is 0.763. The highest BCUT2D eigenvalue weighted by Crippen LogP contribution is 2.20. The predicted molar refractivity (Wildman–Crippen MR) is 74.2 cm³/mol. The molecule has 0 fully saturated rings. The molecule has 0 unspecified atom stereocenters. The molecule has 1 rings (SSSR count). The van der Waals surface area contributed by atoms with Crippen molar-refractivity contribution in [3.8, 4) is 0 Å². The molecule has 0 spiro atoms. The molecule has 0 atom stereocenters. The lowest BCUT2D eigenvalue weighted by Gasteiger charge is -2.24. The zero-order valence-corrected chi connectivity index (χ0v) is 11.6. The molecule has 6 heteroatoms. The van der Waals surface area contributed by atoms with Crippen molar-refractivity contribution >= 4 is 21.4 Å². The highest BCUT2D eigenvalue weighted by molar-refractivity contribution is 7.92. The Labute approximate surface area is 109 Å². The molecule has 2 N–H and O–H groups in total. The fourth-order valence-electron chi connectivity index (χ4n) is 1.57. The molecule has 0 aliphatic heterocycles. The van der Waals surface area contributed by atoms with E-state index in [1.165, 1.54) is 11.4 Å². The first-order valence-corrected chi connectivity index (χ1v) is 7.47. The number of nitrogens with two attached hydrogens (primary N) is 1. The molecule has 0 saturated heterocycles. The maximum atomic E-state index is 12.2. The average Bonchev–Trinajstić information content (AvgIpc) is 2.35. The fraction of sp³-hybridized carbons (Fsp3) is 0.500. The van der Waals surface area contributed by atoms with Gasteiger partial charge in [0.15, 0.2) is 0 Å². The summed E-state index contributed by atoms with van der Waals surface area (Å²) in [7, 11) is -1.86. The van der Waals surface area contributed by atoms with E-state index >= 15 is 0 Å². The fourth-order valence-corrected chi connectivity index (χ4v) is 3.07. The number of methoxy groups -OCH3 is 1. The summed E-state index contributed by atoms with van der Waals surface area (Å²) >= 11 is 0. The molecule has 0 heterocycles. The van der Waals surface area contributed by atoms with Gasteiger partial charge in [0, 0.05) is 19.3 Å². The number of ether oxygens (including phenoxy) is 1. The molecule has 18 heavy (non-hydrogen) atoms. The molecular formula is C12H20N2O3S. The van der Waals surface area contributed by atoms with E-state index in [1.54, 1.807) is 24.3 Å². The number of anilines is 2. The van der Waals surface area contributed by atoms with Crippen molar-refractivity contribution in [2.45, 2.75) is 13.3 Å². The molecule has 1 aromatic rings. The first-order chi connectivity index (χ1) is 8.51. The van der Waals surface area contributed by atoms with E-state index in [2.05, 4.69) is 0 Å². The maximum Gasteiger partial charge on any atom is 0.237 e. The molecule has 0 aliphatic carbocycles. The molecule has 1 aromatic carbocycles. The molecule has 0 radical (unpaired) electrons. The molecule has 5 nitrogen and oxygen atoms in total. The van der Waals surface area contributed by atoms with Crippen molar-refractivity contribution in [3.63, 3.8) is 0 Å². The number of hydrogen-bond donors (Lipinski definition) is 1. The van der Waals surface area contributed by atoms with Gasteiger partial charge in [0.2, 0.25) is 10.0 Å². The number of nitrogens with zero attached hydrogens (tertiary/aromatic N) is 1. The maximum absolute atomic E-state index is 12.2. The third kappa shape index (κ3) is 3.89. The summed E-state index contributed by atoms with van der Waals surface area (Å²) in [5.41, 5.74) is 6.86. The average molecular weight is 272 g/mol. The Morgan fingerprint density at radius 1 is 1.28 bits per heavy atom. The largest absolute Gasteiger partial charge is 0.399 e. The number of rotatable bonds is 7. The Hall–Kier alpha value is -1.27. The lowest BCUT2D eigenvalue weighted by molar-refractivity contribution is 0.217. The topological polar surface area (TPSA) is 72.6 Å². The van der Waals surface area contributed by atoms with Gasteiger partial charge in [-0.3, -0.25) is 4.31 Å². The van der Waals surface area contributed by atoms with Crippen LogP contribution >= 0.6 is 0 Å². The first-order valence-electron chi connectivity index (χ1n) is 5.86. The number of hydrogen-bond acceptors (Lipinski definition) is 4. The van der Waals surface area contributed by atoms with E-state index in [4.69, 9.17) is 10.5 Å². The Bertz CT molecular complexity index is 457. The van der Waals surface area contributed by atoms with Gasteiger partial charge in [-0.25, -0.2) is 8.42 Å². The minimum absolute atomic E-state index is 0.0200. The van der Waals surface area contributed by atoms with Crippen LogP contribution in [0.25, 0.3) is 0 Å². The van der Waals surface area contributed by atoms with Gasteiger partial charge in [0.25, 0.3) is 0 Å². The van der Waals surface area contributed by atoms with Crippen molar-refractivity contribution in [1.29, 1.82) is 0 Å². The van der Waals surface area contributed by atoms with Crippen molar-refractivity contribution in [1.82, 2.24) is 0 Å². The van der Waals surface area contributed by atoms with Gasteiger partial charge in [0.05, 0.1) is 18.0 Å². The number of nitrogen functional groups attached to an aromatic ring is 1. The molecular weight excluding hydrogens is 252 g/mol. The summed E-state index contributed by atoms with van der Waals surface area (Å²) in [6.07, 6.45) is 0.747. The van der Waals surface area contributed by atoms with E-state index in [0.717, 1.165) is 6.42 Å². The minimum atomic E-state index is -3.35. The van der Waals surface area contributed by atoms with Crippen molar-refractivity contribution in [2.75, 3.05) is 36.1 Å². The summed E-state index contributed by atoms with van der Waals surface area (Å²) < 4.78 is 30.6. The van der Waals surface area contributed by atoms with Crippen LogP contribution in [0.2, 0.25) is 0 Å². The zero-order chi connectivity index (χ0) is 13.6. The molecule has 0 bridgehead atoms. The zero-order valence-electron chi connectivity index (χ0n) is 10.8. The van der Waals surface area contributed by atoms with Crippen LogP contribution < -0.4 is 10.0 Å². The Morgan fingerprint density at radius 3 is 2.39 bits per heavy atom. The summed E-state index contributed by atoms with van der Waals surface area (Å²) in [5.74, 6) is -0.0200. The SMILES string of the molecule is CCCN(c1ccc(N)cc1)S(=O)(=O)CCOC. The highest BCUT2D eigenvalue weighted by atomic mass is 32.2. The smallest absolute Gasteiger partial charge is 0.237 e. The Morgan fingerprint density at radius 2 is 1.89 bits per heavy atom. The van der Waals surface area contributed by atoms with Gasteiger partial charge in [-0.2, -0.15) is 0 Å². The second-order valence-corrected chi connectivity index (χ2v) is 5.99. The molecule has 0 saturated carbocycles. The van der Waals surface area contributed by atoms with E-state index in [1.807, 2.05) is 6.92 Å². The monoisotopic (exact) mass is 272 g/mol. The van der Waals surface area contributed by atoms with Crippen LogP contribution in [-0.4, -0.2) is 34.4 Å². The third-order valence-electron chi connectivity index (χ3n) is 2.49. The Balaban J connectivity index is 2.98. The summed E-state index contributed by atoms with van der Waals surface area (Å²) in [5, 5.41) is 0. The lowest BCUT2D eigenvalue weighted by Crippen LogP contribution is -2.35. The van der Waals surface area contributed by atoms with Crippen LogP contribution in [0.3, 0.4) is 0 Å². The first kappa shape index (κ1) is 14.8. The van der Waals surface area contributed by atoms with Crippen LogP contribution in [0.5, 0.6) is 0 Å². The van der Waals surface area contributed by atoms with Gasteiger partial charge in [0.1, 0.15) is 0 Å². The second-order valence-electron chi connectivity index (χ2n) is 3.97. The van der Waals surface area contributed by atoms with E-state index in [0.29, 0.717) is 17.9 Å². The Kier molecular flexibility index (Phi) is 5.43. The summed E-state index contributed by atoms with van der Waals surface area (Å²) in [6.45, 7) is 2.59. The van der Waals surface area contributed by atoms with Crippen LogP contribution in [0, 0.1) is 0 Å². The van der Waals surface area contributed by atoms with E-state index < -0.39 is 10.0 Å². The van der Waals surface area contributed by atoms with Gasteiger partial charge >= 0.3 is 0 Å². The van der Waals surface area contributed by atoms with Crippen LogP contribution in [0.4, 0.5) is 11.4 Å². The van der Waals surface area contributed by atoms with Crippen molar-refractivity contribution in [2.24, 2.45) is 0 Å². The third-order valence-corrected chi connectivity index (χ3v) is 4.24. The summed E-state index contributed by atoms with van der Waals surface area (Å²) in [6, 6.07) is 6.83. The lowest BCUT2D eigenvalue weighted by atomic mass is 10.3. The van der Waals surface area contributed by atoms with Crippen molar-refractivity contribution in [3.05, 3.63) is 24.3 Å². The molecule has 102 valence electrons. The van der Waals surface area contributed by atoms with E-state index in [9.17, 15) is 8.42 Å². The normalized spacial score (nSPS) is 11.4. The van der Waals surface area contributed by atoms with Gasteiger partial charge in [-0.05, 0) is 30.7 Å². The molecule has 0 amide bonds. The van der Waals surface area contributed by atoms with Crippen LogP contribution in [-0.2, 0) is 14.8 Å². The van der Waals surface area contributed by atoms with Gasteiger partial charge in [-0.15, -0.1) is 0 Å². The number of sulfonamides is 1. The minimum Gasteiger partial charge on any atom is -0.399 e. The summed E-state index contributed by atoms with van der Waals surface area (Å²) in [4.78, 5) is 0. The predicted octanol–water partition coefficient (Wildman–Crippen LogP) is 1.46. The van der Waals surface area contributed by atoms with Crippen LogP contribution in [0.1, 0.15) is 13.3 Å². The number of benzene rings is 1. The standard InChI is InChI=1S/C12H20N2O3S/c1-3-8-14(18(15,16)10-9-17-2)12-6-4-11(13)5-7-12/h4-7H,3,8-10,13H2,1-2H3. The molecule has 0 aliphatic rings. The van der Waals surface area contributed by atoms with Crippen molar-refractivity contribution < 1.29 is 13.2 Å². The van der Waals surface area contributed by atoms with Gasteiger partial charge in [-0.1, -0.05) is 6.92 Å². The molecule has 0 aromatic heterocycles. The van der Waals surface area contributed by atoms with E-state index in [-0.39, 0.29) is 12.4 Å².